The zero-order valence-corrected chi connectivity index (χ0v) is 29.1. The normalized spacial score (nSPS) is 15.6. The number of alkyl halides is 9. The third-order valence-electron chi connectivity index (χ3n) is 6.23. The van der Waals surface area contributed by atoms with E-state index in [2.05, 4.69) is 15.0 Å². The highest BCUT2D eigenvalue weighted by Gasteiger charge is 2.49. The third kappa shape index (κ3) is 10.0. The Morgan fingerprint density at radius 1 is 0.585 bits per heavy atom. The predicted octanol–water partition coefficient (Wildman–Crippen LogP) is 7.74. The summed E-state index contributed by atoms with van der Waals surface area (Å²) in [6.07, 6.45) is -22.2. The number of imidazole rings is 3. The topological polar surface area (TPSA) is 228 Å². The van der Waals surface area contributed by atoms with Gasteiger partial charge >= 0.3 is 61.3 Å². The van der Waals surface area contributed by atoms with Crippen LogP contribution in [0.1, 0.15) is 38.2 Å². The first-order chi connectivity index (χ1) is 24.0. The fraction of sp³-hybridized carbons (Fsp3) is 0.571. The smallest absolute Gasteiger partial charge is 0.358 e. The number of halogens is 12. The SMILES string of the molecule is CC(Cn1c(C(F)(F)F)nc(Cl)c1[N+](=O)[O-])OP(=O)(OC(C)Cn1c(C(F)(F)F)nc(Cl)c1[N+](=O)[O-])OC(C)Cn1c(C(F)(F)F)nc(Cl)c1[N+](=O)[O-]. The van der Waals surface area contributed by atoms with Crippen LogP contribution in [-0.4, -0.2) is 61.7 Å². The molecule has 0 saturated carbocycles. The van der Waals surface area contributed by atoms with Crippen LogP contribution in [0.25, 0.3) is 0 Å². The van der Waals surface area contributed by atoms with Gasteiger partial charge in [0.1, 0.15) is 37.9 Å². The number of phosphoric ester groups is 1. The van der Waals surface area contributed by atoms with E-state index < -0.39 is 129 Å². The molecule has 3 aromatic heterocycles. The minimum absolute atomic E-state index is 0.136. The molecule has 19 nitrogen and oxygen atoms in total. The summed E-state index contributed by atoms with van der Waals surface area (Å²) in [5, 5.41) is 30.7. The largest absolute Gasteiger partial charge is 0.475 e. The van der Waals surface area contributed by atoms with Gasteiger partial charge < -0.3 is 30.3 Å². The summed E-state index contributed by atoms with van der Waals surface area (Å²) in [5.74, 6) is -10.2. The monoisotopic (exact) mass is 863 g/mol. The van der Waals surface area contributed by atoms with E-state index in [1.165, 1.54) is 0 Å². The Bertz CT molecular complexity index is 1740. The van der Waals surface area contributed by atoms with Gasteiger partial charge in [-0.3, -0.25) is 13.6 Å². The molecule has 0 bridgehead atoms. The van der Waals surface area contributed by atoms with E-state index in [-0.39, 0.29) is 13.7 Å². The maximum Gasteiger partial charge on any atom is 0.475 e. The Morgan fingerprint density at radius 2 is 0.792 bits per heavy atom. The lowest BCUT2D eigenvalue weighted by atomic mass is 10.4. The Balaban J connectivity index is 2.08. The number of rotatable bonds is 15. The van der Waals surface area contributed by atoms with Crippen molar-refractivity contribution >= 4 is 60.1 Å². The van der Waals surface area contributed by atoms with Crippen molar-refractivity contribution in [1.29, 1.82) is 0 Å². The van der Waals surface area contributed by atoms with Crippen LogP contribution in [0.2, 0.25) is 15.5 Å². The second-order valence-electron chi connectivity index (χ2n) is 10.4. The van der Waals surface area contributed by atoms with Crippen molar-refractivity contribution in [2.75, 3.05) is 0 Å². The van der Waals surface area contributed by atoms with Gasteiger partial charge in [0.05, 0.1) is 0 Å². The van der Waals surface area contributed by atoms with Crippen LogP contribution in [-0.2, 0) is 56.3 Å². The molecule has 0 fully saturated rings. The lowest BCUT2D eigenvalue weighted by Gasteiger charge is -2.26. The molecule has 53 heavy (non-hydrogen) atoms. The molecule has 3 heterocycles. The van der Waals surface area contributed by atoms with E-state index in [0.717, 1.165) is 20.8 Å². The van der Waals surface area contributed by atoms with Crippen molar-refractivity contribution in [2.45, 2.75) is 77.2 Å². The first kappa shape index (κ1) is 43.6. The van der Waals surface area contributed by atoms with Crippen LogP contribution in [0.4, 0.5) is 57.0 Å². The molecule has 3 aromatic rings. The number of aromatic nitrogens is 6. The average molecular weight is 865 g/mol. The molecule has 0 aromatic carbocycles. The standard InChI is InChI=1S/C21H18Cl3F9N9O10P/c1-7(4-37-13(40(43)44)10(22)34-16(37)19(25,26)27)50-53(49,51-8(2)5-38-14(41(45)46)11(23)35-17(38)20(28,29)30)52-9(3)6-39-15(42(47)48)12(24)36-18(39)21(31,32)33/h7-9H,4-6H2,1-3H3. The fourth-order valence-electron chi connectivity index (χ4n) is 4.54. The van der Waals surface area contributed by atoms with Crippen LogP contribution >= 0.6 is 42.6 Å². The van der Waals surface area contributed by atoms with Crippen molar-refractivity contribution in [3.8, 4) is 0 Å². The van der Waals surface area contributed by atoms with E-state index in [9.17, 15) is 74.4 Å². The quantitative estimate of drug-likeness (QED) is 0.0617. The van der Waals surface area contributed by atoms with Gasteiger partial charge in [0, 0.05) is 0 Å². The average Bonchev–Trinajstić information content (AvgIpc) is 3.57. The maximum absolute atomic E-state index is 14.0. The highest BCUT2D eigenvalue weighted by Crippen LogP contribution is 2.54. The summed E-state index contributed by atoms with van der Waals surface area (Å²) in [5.41, 5.74) is 0. The van der Waals surface area contributed by atoms with Gasteiger partial charge in [-0.05, 0) is 35.5 Å². The van der Waals surface area contributed by atoms with Crippen LogP contribution in [0.5, 0.6) is 0 Å². The molecule has 296 valence electrons. The molecule has 3 atom stereocenters. The van der Waals surface area contributed by atoms with Crippen LogP contribution in [0.3, 0.4) is 0 Å². The minimum atomic E-state index is -5.62. The number of hydrogen-bond donors (Lipinski definition) is 0. The van der Waals surface area contributed by atoms with E-state index in [1.54, 1.807) is 0 Å². The van der Waals surface area contributed by atoms with Gasteiger partial charge in [-0.2, -0.15) is 68.2 Å². The minimum Gasteiger partial charge on any atom is -0.358 e. The summed E-state index contributed by atoms with van der Waals surface area (Å²) in [4.78, 5) is 39.0. The Morgan fingerprint density at radius 3 is 0.962 bits per heavy atom. The number of nitro groups is 3. The van der Waals surface area contributed by atoms with Crippen LogP contribution < -0.4 is 0 Å². The summed E-state index contributed by atoms with van der Waals surface area (Å²) in [6, 6.07) is 0. The summed E-state index contributed by atoms with van der Waals surface area (Å²) < 4.78 is 152. The second-order valence-corrected chi connectivity index (χ2v) is 13.0. The predicted molar refractivity (Wildman–Crippen MR) is 156 cm³/mol. The second kappa shape index (κ2) is 15.5. The van der Waals surface area contributed by atoms with Gasteiger partial charge in [0.2, 0.25) is 15.5 Å². The molecule has 3 unspecified atom stereocenters. The zero-order chi connectivity index (χ0) is 40.8. The molecule has 0 amide bonds. The van der Waals surface area contributed by atoms with Crippen molar-refractivity contribution in [1.82, 2.24) is 28.7 Å². The summed E-state index contributed by atoms with van der Waals surface area (Å²) in [6.45, 7) is -1.49. The zero-order valence-electron chi connectivity index (χ0n) is 25.9. The van der Waals surface area contributed by atoms with E-state index in [0.29, 0.717) is 0 Å². The first-order valence-electron chi connectivity index (χ1n) is 13.6. The maximum atomic E-state index is 14.0. The lowest BCUT2D eigenvalue weighted by molar-refractivity contribution is -0.392. The molecule has 32 heteroatoms. The van der Waals surface area contributed by atoms with Gasteiger partial charge in [-0.15, -0.1) is 0 Å². The molecule has 3 rings (SSSR count). The van der Waals surface area contributed by atoms with Crippen LogP contribution in [0, 0.1) is 30.3 Å². The first-order valence-corrected chi connectivity index (χ1v) is 16.2. The van der Waals surface area contributed by atoms with Gasteiger partial charge in [-0.25, -0.2) is 4.57 Å². The van der Waals surface area contributed by atoms with Crippen molar-refractivity contribution in [3.05, 3.63) is 63.3 Å². The molecule has 0 saturated heterocycles. The molecule has 0 spiro atoms. The van der Waals surface area contributed by atoms with Crippen molar-refractivity contribution < 1.29 is 72.4 Å². The highest BCUT2D eigenvalue weighted by atomic mass is 35.5. The van der Waals surface area contributed by atoms with E-state index >= 15 is 0 Å². The van der Waals surface area contributed by atoms with E-state index in [4.69, 9.17) is 48.4 Å². The summed E-state index contributed by atoms with van der Waals surface area (Å²) >= 11 is 16.5. The molecule has 0 aliphatic rings. The highest BCUT2D eigenvalue weighted by molar-refractivity contribution is 7.48. The fourth-order valence-corrected chi connectivity index (χ4v) is 6.97. The Kier molecular flexibility index (Phi) is 12.7. The molecule has 0 aliphatic carbocycles. The molecular formula is C21H18Cl3F9N9O10P. The molecule has 0 N–H and O–H groups in total. The number of hydrogen-bond acceptors (Lipinski definition) is 13. The van der Waals surface area contributed by atoms with Crippen molar-refractivity contribution in [3.63, 3.8) is 0 Å². The summed E-state index contributed by atoms with van der Waals surface area (Å²) in [7, 11) is -5.62. The lowest BCUT2D eigenvalue weighted by Crippen LogP contribution is -2.27. The van der Waals surface area contributed by atoms with Gasteiger partial charge in [-0.1, -0.05) is 34.8 Å². The van der Waals surface area contributed by atoms with E-state index in [1.807, 2.05) is 0 Å². The number of phosphoric acid groups is 1. The molecule has 0 aliphatic heterocycles. The third-order valence-corrected chi connectivity index (χ3v) is 8.84. The Hall–Kier alpha value is -3.82. The number of nitrogens with zero attached hydrogens (tertiary/aromatic N) is 9. The molecular weight excluding hydrogens is 847 g/mol. The molecule has 0 radical (unpaired) electrons. The van der Waals surface area contributed by atoms with Crippen LogP contribution in [0.15, 0.2) is 0 Å². The van der Waals surface area contributed by atoms with Gasteiger partial charge in [0.25, 0.3) is 0 Å². The van der Waals surface area contributed by atoms with Gasteiger partial charge in [0.15, 0.2) is 0 Å². The van der Waals surface area contributed by atoms with Crippen molar-refractivity contribution in [2.24, 2.45) is 0 Å². The Labute approximate surface area is 301 Å².